The molecule has 0 aliphatic rings. The lowest BCUT2D eigenvalue weighted by molar-refractivity contribution is 0.749. The highest BCUT2D eigenvalue weighted by Crippen LogP contribution is 2.28. The van der Waals surface area contributed by atoms with E-state index < -0.39 is 0 Å². The summed E-state index contributed by atoms with van der Waals surface area (Å²) in [6, 6.07) is 0. The van der Waals surface area contributed by atoms with E-state index >= 15 is 0 Å². The summed E-state index contributed by atoms with van der Waals surface area (Å²) in [5.41, 5.74) is 0. The third kappa shape index (κ3) is 6.87. The number of hydrogen-bond acceptors (Lipinski definition) is 1. The van der Waals surface area contributed by atoms with E-state index in [2.05, 4.69) is 26.1 Å². The van der Waals surface area contributed by atoms with Gasteiger partial charge in [-0.2, -0.15) is 0 Å². The van der Waals surface area contributed by atoms with Gasteiger partial charge in [-0.3, -0.25) is 0 Å². The van der Waals surface area contributed by atoms with Gasteiger partial charge in [0.25, 0.3) is 0 Å². The van der Waals surface area contributed by atoms with Gasteiger partial charge in [0.2, 0.25) is 5.90 Å². The maximum Gasteiger partial charge on any atom is 0.242 e. The van der Waals surface area contributed by atoms with E-state index in [-0.39, 0.29) is 5.90 Å². The molecule has 0 amide bonds. The first-order valence-corrected chi connectivity index (χ1v) is 5.95. The highest BCUT2D eigenvalue weighted by molar-refractivity contribution is 8.56. The lowest BCUT2D eigenvalue weighted by Crippen LogP contribution is -1.86. The normalized spacial score (nSPS) is 12.3. The summed E-state index contributed by atoms with van der Waals surface area (Å²) in [6.07, 6.45) is 1.10. The maximum atomic E-state index is 4.88. The van der Waals surface area contributed by atoms with Crippen LogP contribution in [-0.4, -0.2) is 6.16 Å². The van der Waals surface area contributed by atoms with Crippen LogP contribution < -0.4 is 0 Å². The van der Waals surface area contributed by atoms with Gasteiger partial charge in [-0.05, 0) is 5.92 Å². The van der Waals surface area contributed by atoms with Crippen molar-refractivity contribution in [1.82, 2.24) is 0 Å². The molecular formula is C4H10PS2+. The summed E-state index contributed by atoms with van der Waals surface area (Å²) >= 11 is 9.00. The van der Waals surface area contributed by atoms with Crippen molar-refractivity contribution in [1.29, 1.82) is 0 Å². The highest BCUT2D eigenvalue weighted by atomic mass is 32.9. The third-order valence-corrected chi connectivity index (χ3v) is 2.50. The molecule has 0 nitrogen and oxygen atoms in total. The molecule has 0 rings (SSSR count). The quantitative estimate of drug-likeness (QED) is 0.469. The van der Waals surface area contributed by atoms with Gasteiger partial charge in [-0.1, -0.05) is 13.8 Å². The number of hydrogen-bond donors (Lipinski definition) is 1. The van der Waals surface area contributed by atoms with Gasteiger partial charge in [-0.25, -0.2) is 0 Å². The van der Waals surface area contributed by atoms with E-state index in [0.717, 1.165) is 12.1 Å². The third-order valence-electron chi connectivity index (χ3n) is 0.521. The minimum absolute atomic E-state index is 0.362. The first-order valence-electron chi connectivity index (χ1n) is 2.26. The van der Waals surface area contributed by atoms with Gasteiger partial charge in [0.15, 0.2) is 11.8 Å². The fraction of sp³-hybridized carbons (Fsp3) is 1.00. The molecule has 42 valence electrons. The molecule has 0 aromatic heterocycles. The maximum absolute atomic E-state index is 4.88. The van der Waals surface area contributed by atoms with Crippen molar-refractivity contribution in [2.75, 3.05) is 6.16 Å². The zero-order valence-corrected chi connectivity index (χ0v) is 7.19. The summed E-state index contributed by atoms with van der Waals surface area (Å²) < 4.78 is 0. The van der Waals surface area contributed by atoms with Crippen LogP contribution in [-0.2, 0) is 11.8 Å². The molecule has 1 atom stereocenters. The lowest BCUT2D eigenvalue weighted by Gasteiger charge is -1.88. The Balaban J connectivity index is 3.13. The van der Waals surface area contributed by atoms with Crippen LogP contribution in [0.2, 0.25) is 0 Å². The largest absolute Gasteiger partial charge is 0.242 e. The zero-order valence-electron chi connectivity index (χ0n) is 4.59. The Kier molecular flexibility index (Phi) is 4.30. The van der Waals surface area contributed by atoms with Crippen LogP contribution in [0.3, 0.4) is 0 Å². The minimum Gasteiger partial charge on any atom is -0.0588 e. The molecule has 0 saturated carbocycles. The van der Waals surface area contributed by atoms with Gasteiger partial charge in [0.1, 0.15) is 6.16 Å². The van der Waals surface area contributed by atoms with Gasteiger partial charge in [0.05, 0.1) is 12.2 Å². The summed E-state index contributed by atoms with van der Waals surface area (Å²) in [6.45, 7) is 4.33. The van der Waals surface area contributed by atoms with Crippen molar-refractivity contribution in [2.24, 2.45) is 5.92 Å². The monoisotopic (exact) mass is 153 g/mol. The van der Waals surface area contributed by atoms with Crippen LogP contribution in [0.5, 0.6) is 0 Å². The SMILES string of the molecule is CC(C)C[P+](=S)S. The molecule has 0 aromatic rings. The predicted molar refractivity (Wildman–Crippen MR) is 43.0 cm³/mol. The Morgan fingerprint density at radius 1 is 1.71 bits per heavy atom. The Morgan fingerprint density at radius 3 is 2.14 bits per heavy atom. The van der Waals surface area contributed by atoms with Gasteiger partial charge in [0, 0.05) is 0 Å². The van der Waals surface area contributed by atoms with E-state index in [1.54, 1.807) is 0 Å². The topological polar surface area (TPSA) is 0 Å². The standard InChI is InChI=1S/C4H9PS2/c1-4(2)3-5(6)7/h4H,3H2,1-2H3/p+1. The zero-order chi connectivity index (χ0) is 5.86. The molecule has 3 heteroatoms. The lowest BCUT2D eigenvalue weighted by atomic mass is 10.3. The molecule has 0 N–H and O–H groups in total. The molecule has 7 heavy (non-hydrogen) atoms. The summed E-state index contributed by atoms with van der Waals surface area (Å²) in [5.74, 6) is 0.361. The molecule has 0 heterocycles. The van der Waals surface area contributed by atoms with Crippen molar-refractivity contribution in [3.63, 3.8) is 0 Å². The summed E-state index contributed by atoms with van der Waals surface area (Å²) in [7, 11) is 0. The second-order valence-electron chi connectivity index (χ2n) is 1.93. The van der Waals surface area contributed by atoms with Crippen molar-refractivity contribution >= 4 is 30.0 Å². The molecule has 0 saturated heterocycles. The van der Waals surface area contributed by atoms with Crippen molar-refractivity contribution in [3.05, 3.63) is 0 Å². The molecule has 0 spiro atoms. The van der Waals surface area contributed by atoms with Crippen LogP contribution in [0, 0.1) is 5.92 Å². The second kappa shape index (κ2) is 3.82. The van der Waals surface area contributed by atoms with Crippen LogP contribution in [0.25, 0.3) is 0 Å². The van der Waals surface area contributed by atoms with Crippen molar-refractivity contribution in [3.8, 4) is 0 Å². The Bertz CT molecular complexity index is 70.1. The van der Waals surface area contributed by atoms with E-state index in [1.165, 1.54) is 0 Å². The van der Waals surface area contributed by atoms with Crippen molar-refractivity contribution < 1.29 is 0 Å². The molecule has 0 aliphatic heterocycles. The first-order chi connectivity index (χ1) is 3.13. The second-order valence-corrected chi connectivity index (χ2v) is 6.58. The Hall–Kier alpha value is 0.870. The van der Waals surface area contributed by atoms with E-state index in [1.807, 2.05) is 0 Å². The molecule has 0 aliphatic carbocycles. The van der Waals surface area contributed by atoms with E-state index in [0.29, 0.717) is 0 Å². The summed E-state index contributed by atoms with van der Waals surface area (Å²) in [4.78, 5) is 0. The average Bonchev–Trinajstić information content (AvgIpc) is 1.27. The predicted octanol–water partition coefficient (Wildman–Crippen LogP) is 2.43. The Labute approximate surface area is 56.3 Å². The molecule has 0 aromatic carbocycles. The van der Waals surface area contributed by atoms with Crippen molar-refractivity contribution in [2.45, 2.75) is 13.8 Å². The van der Waals surface area contributed by atoms with Gasteiger partial charge < -0.3 is 0 Å². The molecule has 0 fully saturated rings. The Morgan fingerprint density at radius 2 is 2.14 bits per heavy atom. The molecule has 1 unspecified atom stereocenters. The van der Waals surface area contributed by atoms with Crippen LogP contribution in [0.1, 0.15) is 13.8 Å². The minimum atomic E-state index is -0.362. The molecular weight excluding hydrogens is 143 g/mol. The van der Waals surface area contributed by atoms with Gasteiger partial charge in [-0.15, -0.1) is 0 Å². The number of rotatable bonds is 2. The van der Waals surface area contributed by atoms with Crippen LogP contribution in [0.4, 0.5) is 0 Å². The van der Waals surface area contributed by atoms with Gasteiger partial charge >= 0.3 is 0 Å². The highest BCUT2D eigenvalue weighted by Gasteiger charge is 2.04. The van der Waals surface area contributed by atoms with E-state index in [9.17, 15) is 0 Å². The fourth-order valence-corrected chi connectivity index (χ4v) is 2.81. The van der Waals surface area contributed by atoms with E-state index in [4.69, 9.17) is 11.8 Å². The molecule has 0 bridgehead atoms. The van der Waals surface area contributed by atoms with Crippen LogP contribution >= 0.6 is 18.1 Å². The average molecular weight is 153 g/mol. The smallest absolute Gasteiger partial charge is 0.0588 e. The fourth-order valence-electron chi connectivity index (χ4n) is 0.312. The number of thiol groups is 1. The summed E-state index contributed by atoms with van der Waals surface area (Å²) in [5, 5.41) is 0. The first kappa shape index (κ1) is 7.87. The molecule has 0 radical (unpaired) electrons. The van der Waals surface area contributed by atoms with Crippen LogP contribution in [0.15, 0.2) is 0 Å².